The van der Waals surface area contributed by atoms with Crippen LogP contribution >= 0.6 is 15.9 Å². The van der Waals surface area contributed by atoms with Gasteiger partial charge in [0.25, 0.3) is 0 Å². The largest absolute Gasteiger partial charge is 0.486 e. The van der Waals surface area contributed by atoms with Crippen LogP contribution in [0.15, 0.2) is 16.6 Å². The first-order valence-corrected chi connectivity index (χ1v) is 7.17. The van der Waals surface area contributed by atoms with E-state index in [4.69, 9.17) is 10.00 Å². The molecule has 0 aliphatic carbocycles. The first kappa shape index (κ1) is 17.4. The van der Waals surface area contributed by atoms with Gasteiger partial charge in [0.1, 0.15) is 0 Å². The van der Waals surface area contributed by atoms with Crippen molar-refractivity contribution in [2.24, 2.45) is 5.41 Å². The summed E-state index contributed by atoms with van der Waals surface area (Å²) in [4.78, 5) is 10.6. The molecule has 1 aromatic carbocycles. The summed E-state index contributed by atoms with van der Waals surface area (Å²) in [6, 6.07) is 5.06. The molecule has 0 saturated carbocycles. The highest BCUT2D eigenvalue weighted by atomic mass is 79.9. The van der Waals surface area contributed by atoms with Crippen LogP contribution in [-0.4, -0.2) is 16.6 Å². The fourth-order valence-corrected chi connectivity index (χ4v) is 2.13. The highest BCUT2D eigenvalue weighted by Gasteiger charge is 2.24. The Labute approximate surface area is 131 Å². The molecule has 0 aliphatic rings. The fraction of sp³-hybridized carbons (Fsp3) is 0.500. The van der Waals surface area contributed by atoms with E-state index in [0.29, 0.717) is 16.5 Å². The topological polar surface area (TPSA) is 96.4 Å². The molecule has 114 valence electrons. The molecule has 0 saturated heterocycles. The van der Waals surface area contributed by atoms with Crippen molar-refractivity contribution in [3.8, 4) is 11.8 Å². The summed E-state index contributed by atoms with van der Waals surface area (Å²) in [7, 11) is 0. The molecule has 1 atom stereocenters. The number of nitro benzene ring substituents is 1. The molecule has 1 rings (SSSR count). The zero-order valence-electron chi connectivity index (χ0n) is 12.1. The van der Waals surface area contributed by atoms with Gasteiger partial charge in [-0.3, -0.25) is 10.1 Å². The second-order valence-corrected chi connectivity index (χ2v) is 6.29. The van der Waals surface area contributed by atoms with Crippen molar-refractivity contribution in [2.45, 2.75) is 33.3 Å². The molecule has 0 radical (unpaired) electrons. The van der Waals surface area contributed by atoms with E-state index in [1.54, 1.807) is 19.9 Å². The third-order valence-electron chi connectivity index (χ3n) is 2.99. The highest BCUT2D eigenvalue weighted by molar-refractivity contribution is 9.10. The van der Waals surface area contributed by atoms with Gasteiger partial charge in [0.15, 0.2) is 0 Å². The lowest BCUT2D eigenvalue weighted by Crippen LogP contribution is -2.14. The van der Waals surface area contributed by atoms with E-state index in [-0.39, 0.29) is 18.0 Å². The van der Waals surface area contributed by atoms with Gasteiger partial charge in [-0.2, -0.15) is 5.26 Å². The van der Waals surface area contributed by atoms with Gasteiger partial charge < -0.3 is 9.84 Å². The normalized spacial score (nSPS) is 12.6. The average molecular weight is 357 g/mol. The van der Waals surface area contributed by atoms with Crippen molar-refractivity contribution < 1.29 is 14.8 Å². The van der Waals surface area contributed by atoms with Crippen LogP contribution < -0.4 is 4.74 Å². The van der Waals surface area contributed by atoms with E-state index in [2.05, 4.69) is 22.0 Å². The van der Waals surface area contributed by atoms with Crippen LogP contribution in [0.3, 0.4) is 0 Å². The Bertz CT molecular complexity index is 579. The van der Waals surface area contributed by atoms with Crippen molar-refractivity contribution in [2.75, 3.05) is 6.61 Å². The SMILES string of the molecule is C[C@@H](O)c1cc(Br)cc([N+](=O)[O-])c1OCCC(C)(C)C#N. The fourth-order valence-electron chi connectivity index (χ4n) is 1.67. The number of halogens is 1. The van der Waals surface area contributed by atoms with E-state index >= 15 is 0 Å². The third kappa shape index (κ3) is 4.69. The molecule has 6 nitrogen and oxygen atoms in total. The molecule has 0 unspecified atom stereocenters. The van der Waals surface area contributed by atoms with E-state index in [9.17, 15) is 15.2 Å². The Kier molecular flexibility index (Phi) is 5.70. The molecule has 0 aromatic heterocycles. The molecular weight excluding hydrogens is 340 g/mol. The second kappa shape index (κ2) is 6.87. The Hall–Kier alpha value is -1.65. The van der Waals surface area contributed by atoms with E-state index in [1.165, 1.54) is 13.0 Å². The summed E-state index contributed by atoms with van der Waals surface area (Å²) in [6.07, 6.45) is -0.476. The summed E-state index contributed by atoms with van der Waals surface area (Å²) in [5.41, 5.74) is -0.448. The number of hydrogen-bond donors (Lipinski definition) is 1. The Balaban J connectivity index is 3.09. The molecule has 0 aliphatic heterocycles. The monoisotopic (exact) mass is 356 g/mol. The molecule has 1 N–H and O–H groups in total. The summed E-state index contributed by atoms with van der Waals surface area (Å²) in [5.74, 6) is 0.0481. The lowest BCUT2D eigenvalue weighted by Gasteiger charge is -2.18. The van der Waals surface area contributed by atoms with Crippen molar-refractivity contribution in [1.82, 2.24) is 0 Å². The van der Waals surface area contributed by atoms with Gasteiger partial charge in [-0.15, -0.1) is 0 Å². The summed E-state index contributed by atoms with van der Waals surface area (Å²) in [6.45, 7) is 5.20. The predicted molar refractivity (Wildman–Crippen MR) is 80.9 cm³/mol. The van der Waals surface area contributed by atoms with Crippen molar-refractivity contribution in [3.05, 3.63) is 32.3 Å². The van der Waals surface area contributed by atoms with E-state index in [0.717, 1.165) is 0 Å². The number of aliphatic hydroxyl groups is 1. The van der Waals surface area contributed by atoms with E-state index in [1.807, 2.05) is 0 Å². The maximum Gasteiger partial charge on any atom is 0.312 e. The standard InChI is InChI=1S/C14H17BrN2O4/c1-9(18)11-6-10(15)7-12(17(19)20)13(11)21-5-4-14(2,3)8-16/h6-7,9,18H,4-5H2,1-3H3/t9-/m1/s1. The molecular formula is C14H17BrN2O4. The number of nitriles is 1. The average Bonchev–Trinajstić information content (AvgIpc) is 2.39. The Morgan fingerprint density at radius 2 is 2.19 bits per heavy atom. The summed E-state index contributed by atoms with van der Waals surface area (Å²) in [5, 5.41) is 29.9. The highest BCUT2D eigenvalue weighted by Crippen LogP contribution is 2.38. The summed E-state index contributed by atoms with van der Waals surface area (Å²) >= 11 is 3.18. The van der Waals surface area contributed by atoms with Crippen LogP contribution in [0.25, 0.3) is 0 Å². The lowest BCUT2D eigenvalue weighted by molar-refractivity contribution is -0.386. The van der Waals surface area contributed by atoms with Gasteiger partial charge in [0.2, 0.25) is 5.75 Å². The van der Waals surface area contributed by atoms with Crippen LogP contribution in [0.5, 0.6) is 5.75 Å². The number of aliphatic hydroxyl groups excluding tert-OH is 1. The van der Waals surface area contributed by atoms with Gasteiger partial charge in [-0.1, -0.05) is 15.9 Å². The zero-order valence-corrected chi connectivity index (χ0v) is 13.7. The summed E-state index contributed by atoms with van der Waals surface area (Å²) < 4.78 is 6.01. The van der Waals surface area contributed by atoms with Crippen molar-refractivity contribution in [1.29, 1.82) is 5.26 Å². The first-order chi connectivity index (χ1) is 9.68. The number of rotatable bonds is 6. The number of nitro groups is 1. The minimum atomic E-state index is -0.903. The molecule has 0 amide bonds. The smallest absolute Gasteiger partial charge is 0.312 e. The van der Waals surface area contributed by atoms with Crippen molar-refractivity contribution in [3.63, 3.8) is 0 Å². The van der Waals surface area contributed by atoms with Gasteiger partial charge in [-0.25, -0.2) is 0 Å². The maximum absolute atomic E-state index is 11.1. The maximum atomic E-state index is 11.1. The molecule has 0 heterocycles. The van der Waals surface area contributed by atoms with Gasteiger partial charge in [0.05, 0.1) is 29.1 Å². The Morgan fingerprint density at radius 1 is 1.57 bits per heavy atom. The number of nitrogens with zero attached hydrogens (tertiary/aromatic N) is 2. The molecule has 7 heteroatoms. The van der Waals surface area contributed by atoms with Crippen molar-refractivity contribution >= 4 is 21.6 Å². The Morgan fingerprint density at radius 3 is 2.67 bits per heavy atom. The van der Waals surface area contributed by atoms with Crippen LogP contribution in [0.1, 0.15) is 38.9 Å². The van der Waals surface area contributed by atoms with Crippen LogP contribution in [0, 0.1) is 26.9 Å². The molecule has 0 bridgehead atoms. The molecule has 21 heavy (non-hydrogen) atoms. The van der Waals surface area contributed by atoms with Gasteiger partial charge >= 0.3 is 5.69 Å². The van der Waals surface area contributed by atoms with Crippen LogP contribution in [0.2, 0.25) is 0 Å². The van der Waals surface area contributed by atoms with Gasteiger partial charge in [-0.05, 0) is 33.3 Å². The van der Waals surface area contributed by atoms with Crippen LogP contribution in [-0.2, 0) is 0 Å². The minimum absolute atomic E-state index is 0.0481. The predicted octanol–water partition coefficient (Wildman–Crippen LogP) is 3.73. The third-order valence-corrected chi connectivity index (χ3v) is 3.44. The number of hydrogen-bond acceptors (Lipinski definition) is 5. The number of benzene rings is 1. The number of ether oxygens (including phenoxy) is 1. The molecule has 0 fully saturated rings. The second-order valence-electron chi connectivity index (χ2n) is 5.37. The molecule has 1 aromatic rings. The lowest BCUT2D eigenvalue weighted by atomic mass is 9.92. The van der Waals surface area contributed by atoms with Crippen LogP contribution in [0.4, 0.5) is 5.69 Å². The van der Waals surface area contributed by atoms with Gasteiger partial charge in [0, 0.05) is 16.1 Å². The van der Waals surface area contributed by atoms with E-state index < -0.39 is 16.4 Å². The quantitative estimate of drug-likeness (QED) is 0.618. The molecule has 0 spiro atoms. The first-order valence-electron chi connectivity index (χ1n) is 6.38. The zero-order chi connectivity index (χ0) is 16.2. The minimum Gasteiger partial charge on any atom is -0.486 e.